The third kappa shape index (κ3) is 4.46. The first-order valence-corrected chi connectivity index (χ1v) is 9.69. The average molecular weight is 423 g/mol. The molecule has 30 heavy (non-hydrogen) atoms. The van der Waals surface area contributed by atoms with Crippen molar-refractivity contribution in [1.82, 2.24) is 9.88 Å². The molecule has 0 bridgehead atoms. The van der Waals surface area contributed by atoms with Gasteiger partial charge in [0.25, 0.3) is 5.91 Å². The second-order valence-corrected chi connectivity index (χ2v) is 7.76. The summed E-state index contributed by atoms with van der Waals surface area (Å²) in [4.78, 5) is 19.5. The van der Waals surface area contributed by atoms with Gasteiger partial charge in [0.15, 0.2) is 0 Å². The third-order valence-corrected chi connectivity index (χ3v) is 5.66. The van der Waals surface area contributed by atoms with Crippen molar-refractivity contribution in [2.75, 3.05) is 31.1 Å². The first-order chi connectivity index (χ1) is 14.2. The standard InChI is InChI=1S/C21H21F4N3O2/c22-16-2-1-3-17(10-16)28-14-20(30-13-19(28)29)6-8-27(9-7-20)12-15-4-5-18(26-11-15)21(23,24)25/h1-5,10-11H,6-9,12-14H2. The van der Waals surface area contributed by atoms with Gasteiger partial charge in [-0.25, -0.2) is 4.39 Å². The highest BCUT2D eigenvalue weighted by Crippen LogP contribution is 2.33. The van der Waals surface area contributed by atoms with E-state index in [1.807, 2.05) is 0 Å². The Balaban J connectivity index is 1.38. The van der Waals surface area contributed by atoms with E-state index >= 15 is 0 Å². The number of rotatable bonds is 3. The second-order valence-electron chi connectivity index (χ2n) is 7.76. The van der Waals surface area contributed by atoms with Crippen molar-refractivity contribution in [1.29, 1.82) is 0 Å². The van der Waals surface area contributed by atoms with Gasteiger partial charge in [-0.2, -0.15) is 13.2 Å². The number of carbonyl (C=O) groups excluding carboxylic acids is 1. The quantitative estimate of drug-likeness (QED) is 0.708. The molecule has 0 atom stereocenters. The molecule has 4 rings (SSSR count). The minimum absolute atomic E-state index is 0.0562. The van der Waals surface area contributed by atoms with E-state index in [1.54, 1.807) is 17.0 Å². The number of hydrogen-bond donors (Lipinski definition) is 0. The highest BCUT2D eigenvalue weighted by molar-refractivity contribution is 5.95. The Kier molecular flexibility index (Phi) is 5.50. The molecule has 2 saturated heterocycles. The van der Waals surface area contributed by atoms with Crippen molar-refractivity contribution < 1.29 is 27.1 Å². The number of likely N-dealkylation sites (tertiary alicyclic amines) is 1. The monoisotopic (exact) mass is 423 g/mol. The maximum atomic E-state index is 13.6. The molecule has 9 heteroatoms. The van der Waals surface area contributed by atoms with Crippen LogP contribution in [0.1, 0.15) is 24.1 Å². The average Bonchev–Trinajstić information content (AvgIpc) is 2.72. The van der Waals surface area contributed by atoms with E-state index < -0.39 is 23.3 Å². The van der Waals surface area contributed by atoms with E-state index in [4.69, 9.17) is 4.74 Å². The van der Waals surface area contributed by atoms with Crippen LogP contribution in [0.25, 0.3) is 0 Å². The first-order valence-electron chi connectivity index (χ1n) is 9.69. The fraction of sp³-hybridized carbons (Fsp3) is 0.429. The lowest BCUT2D eigenvalue weighted by Crippen LogP contribution is -2.58. The fourth-order valence-electron chi connectivity index (χ4n) is 3.96. The van der Waals surface area contributed by atoms with E-state index in [0.717, 1.165) is 6.07 Å². The van der Waals surface area contributed by atoms with Gasteiger partial charge in [-0.05, 0) is 42.7 Å². The lowest BCUT2D eigenvalue weighted by atomic mass is 9.89. The lowest BCUT2D eigenvalue weighted by Gasteiger charge is -2.47. The molecule has 2 aliphatic rings. The largest absolute Gasteiger partial charge is 0.433 e. The maximum Gasteiger partial charge on any atom is 0.433 e. The van der Waals surface area contributed by atoms with Crippen LogP contribution in [-0.2, 0) is 22.3 Å². The second kappa shape index (κ2) is 7.96. The van der Waals surface area contributed by atoms with Crippen molar-refractivity contribution >= 4 is 11.6 Å². The number of pyridine rings is 1. The fourth-order valence-corrected chi connectivity index (χ4v) is 3.96. The molecule has 2 aliphatic heterocycles. The zero-order chi connectivity index (χ0) is 21.4. The van der Waals surface area contributed by atoms with Crippen LogP contribution in [0.2, 0.25) is 0 Å². The zero-order valence-electron chi connectivity index (χ0n) is 16.2. The molecule has 5 nitrogen and oxygen atoms in total. The van der Waals surface area contributed by atoms with Crippen LogP contribution in [0.5, 0.6) is 0 Å². The topological polar surface area (TPSA) is 45.7 Å². The Morgan fingerprint density at radius 1 is 1.13 bits per heavy atom. The van der Waals surface area contributed by atoms with Crippen LogP contribution in [0.3, 0.4) is 0 Å². The summed E-state index contributed by atoms with van der Waals surface area (Å²) in [7, 11) is 0. The molecule has 2 fully saturated rings. The highest BCUT2D eigenvalue weighted by atomic mass is 19.4. The Morgan fingerprint density at radius 3 is 2.53 bits per heavy atom. The molecule has 0 saturated carbocycles. The predicted molar refractivity (Wildman–Crippen MR) is 101 cm³/mol. The van der Waals surface area contributed by atoms with Crippen molar-refractivity contribution in [2.45, 2.75) is 31.2 Å². The molecule has 0 unspecified atom stereocenters. The molecular formula is C21H21F4N3O2. The normalized spacial score (nSPS) is 20.0. The van der Waals surface area contributed by atoms with Crippen LogP contribution in [0.4, 0.5) is 23.2 Å². The summed E-state index contributed by atoms with van der Waals surface area (Å²) in [5, 5.41) is 0. The summed E-state index contributed by atoms with van der Waals surface area (Å²) in [6.07, 6.45) is -1.85. The predicted octanol–water partition coefficient (Wildman–Crippen LogP) is 3.64. The number of aromatic nitrogens is 1. The van der Waals surface area contributed by atoms with Crippen LogP contribution in [0.15, 0.2) is 42.6 Å². The molecule has 0 N–H and O–H groups in total. The van der Waals surface area contributed by atoms with Crippen molar-refractivity contribution in [3.05, 3.63) is 59.7 Å². The number of piperidine rings is 1. The smallest absolute Gasteiger partial charge is 0.363 e. The number of morpholine rings is 1. The number of alkyl halides is 3. The van der Waals surface area contributed by atoms with Gasteiger partial charge in [0.05, 0.1) is 12.1 Å². The molecule has 1 amide bonds. The first kappa shape index (κ1) is 20.7. The molecule has 0 radical (unpaired) electrons. The number of carbonyl (C=O) groups is 1. The van der Waals surface area contributed by atoms with Crippen LogP contribution >= 0.6 is 0 Å². The van der Waals surface area contributed by atoms with Gasteiger partial charge in [0.2, 0.25) is 0 Å². The minimum atomic E-state index is -4.45. The molecule has 3 heterocycles. The number of anilines is 1. The van der Waals surface area contributed by atoms with Gasteiger partial charge in [-0.3, -0.25) is 14.7 Å². The Labute approximate surface area is 171 Å². The number of amides is 1. The summed E-state index contributed by atoms with van der Waals surface area (Å²) < 4.78 is 57.4. The van der Waals surface area contributed by atoms with Crippen molar-refractivity contribution in [2.24, 2.45) is 0 Å². The van der Waals surface area contributed by atoms with Crippen molar-refractivity contribution in [3.8, 4) is 0 Å². The van der Waals surface area contributed by atoms with Gasteiger partial charge >= 0.3 is 6.18 Å². The molecule has 2 aromatic rings. The number of ether oxygens (including phenoxy) is 1. The summed E-state index contributed by atoms with van der Waals surface area (Å²) in [6, 6.07) is 8.38. The SMILES string of the molecule is O=C1COC2(CCN(Cc3ccc(C(F)(F)F)nc3)CC2)CN1c1cccc(F)c1. The maximum absolute atomic E-state index is 13.6. The molecule has 160 valence electrons. The van der Waals surface area contributed by atoms with Gasteiger partial charge < -0.3 is 9.64 Å². The highest BCUT2D eigenvalue weighted by Gasteiger charge is 2.42. The minimum Gasteiger partial charge on any atom is -0.363 e. The van der Waals surface area contributed by atoms with E-state index in [9.17, 15) is 22.4 Å². The van der Waals surface area contributed by atoms with Crippen molar-refractivity contribution in [3.63, 3.8) is 0 Å². The van der Waals surface area contributed by atoms with E-state index in [-0.39, 0.29) is 12.5 Å². The third-order valence-electron chi connectivity index (χ3n) is 5.66. The van der Waals surface area contributed by atoms with E-state index in [0.29, 0.717) is 50.3 Å². The van der Waals surface area contributed by atoms with Gasteiger partial charge in [0.1, 0.15) is 18.1 Å². The van der Waals surface area contributed by atoms with Crippen LogP contribution in [-0.4, -0.2) is 47.6 Å². The Hall–Kier alpha value is -2.52. The Morgan fingerprint density at radius 2 is 1.90 bits per heavy atom. The van der Waals surface area contributed by atoms with E-state index in [2.05, 4.69) is 9.88 Å². The van der Waals surface area contributed by atoms with Gasteiger partial charge in [-0.15, -0.1) is 0 Å². The number of halogens is 4. The Bertz CT molecular complexity index is 909. The van der Waals surface area contributed by atoms with E-state index in [1.165, 1.54) is 24.4 Å². The summed E-state index contributed by atoms with van der Waals surface area (Å²) in [5.74, 6) is -0.606. The summed E-state index contributed by atoms with van der Waals surface area (Å²) in [6.45, 7) is 2.14. The molecule has 1 spiro atoms. The molecular weight excluding hydrogens is 402 g/mol. The summed E-state index contributed by atoms with van der Waals surface area (Å²) in [5.41, 5.74) is -0.183. The van der Waals surface area contributed by atoms with Crippen LogP contribution < -0.4 is 4.90 Å². The number of benzene rings is 1. The van der Waals surface area contributed by atoms with Gasteiger partial charge in [-0.1, -0.05) is 12.1 Å². The van der Waals surface area contributed by atoms with Gasteiger partial charge in [0, 0.05) is 31.5 Å². The lowest BCUT2D eigenvalue weighted by molar-refractivity contribution is -0.145. The zero-order valence-corrected chi connectivity index (χ0v) is 16.2. The summed E-state index contributed by atoms with van der Waals surface area (Å²) >= 11 is 0. The number of nitrogens with zero attached hydrogens (tertiary/aromatic N) is 3. The molecule has 1 aromatic heterocycles. The molecule has 1 aromatic carbocycles. The number of hydrogen-bond acceptors (Lipinski definition) is 4. The van der Waals surface area contributed by atoms with Crippen LogP contribution in [0, 0.1) is 5.82 Å². The molecule has 0 aliphatic carbocycles.